The summed E-state index contributed by atoms with van der Waals surface area (Å²) in [5.74, 6) is 0.0544. The van der Waals surface area contributed by atoms with Gasteiger partial charge in [-0.3, -0.25) is 4.79 Å². The number of nitrogens with zero attached hydrogens (tertiary/aromatic N) is 2. The van der Waals surface area contributed by atoms with Gasteiger partial charge in [0.25, 0.3) is 5.91 Å². The maximum atomic E-state index is 12.8. The van der Waals surface area contributed by atoms with E-state index < -0.39 is 6.10 Å². The summed E-state index contributed by atoms with van der Waals surface area (Å²) in [5.41, 5.74) is 8.30. The Hall–Kier alpha value is -1.96. The van der Waals surface area contributed by atoms with Crippen molar-refractivity contribution in [2.45, 2.75) is 25.4 Å². The zero-order valence-corrected chi connectivity index (χ0v) is 15.4. The van der Waals surface area contributed by atoms with E-state index in [9.17, 15) is 9.90 Å². The summed E-state index contributed by atoms with van der Waals surface area (Å²) in [6.45, 7) is 3.08. The van der Waals surface area contributed by atoms with Crippen molar-refractivity contribution in [3.63, 3.8) is 0 Å². The number of piperidine rings is 1. The smallest absolute Gasteiger partial charge is 0.254 e. The molecule has 0 saturated carbocycles. The number of β-amino-alcohol motifs (C(OH)–C–C–N with tert-alkyl or cyclic N) is 1. The highest BCUT2D eigenvalue weighted by molar-refractivity contribution is 7.22. The Kier molecular flexibility index (Phi) is 4.23. The number of amides is 1. The van der Waals surface area contributed by atoms with Crippen LogP contribution in [0.5, 0.6) is 0 Å². The molecule has 25 heavy (non-hydrogen) atoms. The minimum atomic E-state index is -0.534. The maximum absolute atomic E-state index is 12.8. The molecular weight excluding hydrogens is 354 g/mol. The first-order valence-electron chi connectivity index (χ1n) is 8.20. The molecular formula is C18H19N3O2S2. The Morgan fingerprint density at radius 3 is 2.96 bits per heavy atom. The third-order valence-corrected chi connectivity index (χ3v) is 6.78. The van der Waals surface area contributed by atoms with Gasteiger partial charge < -0.3 is 15.7 Å². The van der Waals surface area contributed by atoms with Gasteiger partial charge in [0.05, 0.1) is 16.3 Å². The van der Waals surface area contributed by atoms with Gasteiger partial charge in [0.2, 0.25) is 0 Å². The van der Waals surface area contributed by atoms with E-state index in [2.05, 4.69) is 23.4 Å². The first-order valence-corrected chi connectivity index (χ1v) is 9.90. The first-order chi connectivity index (χ1) is 12.0. The molecule has 0 spiro atoms. The fraction of sp³-hybridized carbons (Fsp3) is 0.333. The van der Waals surface area contributed by atoms with Crippen LogP contribution in [0, 0.1) is 6.92 Å². The van der Waals surface area contributed by atoms with Gasteiger partial charge in [-0.1, -0.05) is 11.3 Å². The van der Waals surface area contributed by atoms with E-state index in [-0.39, 0.29) is 11.8 Å². The van der Waals surface area contributed by atoms with Crippen LogP contribution < -0.4 is 5.73 Å². The summed E-state index contributed by atoms with van der Waals surface area (Å²) < 4.78 is 0.973. The molecule has 0 aliphatic carbocycles. The van der Waals surface area contributed by atoms with Crippen molar-refractivity contribution in [3.8, 4) is 0 Å². The standard InChI is InChI=1S/C18H19N3O2S2/c1-10-5-7-24-16(10)12-4-6-21(9-14(12)22)17(23)11-2-3-15-13(8-11)20-18(19)25-15/h2-3,5,7-8,12,14,22H,4,6,9H2,1H3,(H2,19,20)/t12-,14-/m1/s1. The largest absolute Gasteiger partial charge is 0.391 e. The second kappa shape index (κ2) is 6.40. The summed E-state index contributed by atoms with van der Waals surface area (Å²) in [7, 11) is 0. The van der Waals surface area contributed by atoms with Gasteiger partial charge in [0.1, 0.15) is 0 Å². The molecule has 4 rings (SSSR count). The molecule has 0 bridgehead atoms. The highest BCUT2D eigenvalue weighted by Crippen LogP contribution is 2.34. The number of aliphatic hydroxyl groups is 1. The van der Waals surface area contributed by atoms with E-state index in [1.807, 2.05) is 12.1 Å². The van der Waals surface area contributed by atoms with Crippen LogP contribution in [0.4, 0.5) is 5.13 Å². The Morgan fingerprint density at radius 2 is 2.24 bits per heavy atom. The van der Waals surface area contributed by atoms with E-state index >= 15 is 0 Å². The molecule has 3 aromatic rings. The monoisotopic (exact) mass is 373 g/mol. The third kappa shape index (κ3) is 3.03. The predicted octanol–water partition coefficient (Wildman–Crippen LogP) is 3.24. The number of hydrogen-bond donors (Lipinski definition) is 2. The molecule has 130 valence electrons. The zero-order valence-electron chi connectivity index (χ0n) is 13.8. The number of thiophene rings is 1. The lowest BCUT2D eigenvalue weighted by Crippen LogP contribution is -2.45. The zero-order chi connectivity index (χ0) is 17.6. The van der Waals surface area contributed by atoms with E-state index in [1.54, 1.807) is 22.3 Å². The number of carbonyl (C=O) groups excluding carboxylic acids is 1. The lowest BCUT2D eigenvalue weighted by Gasteiger charge is -2.36. The Bertz CT molecular complexity index is 933. The number of anilines is 1. The highest BCUT2D eigenvalue weighted by atomic mass is 32.1. The number of aromatic nitrogens is 1. The number of nitrogen functional groups attached to an aromatic ring is 1. The molecule has 5 nitrogen and oxygen atoms in total. The van der Waals surface area contributed by atoms with Crippen molar-refractivity contribution in [2.75, 3.05) is 18.8 Å². The van der Waals surface area contributed by atoms with Crippen molar-refractivity contribution in [1.29, 1.82) is 0 Å². The molecule has 0 radical (unpaired) electrons. The SMILES string of the molecule is Cc1ccsc1[C@@H]1CCN(C(=O)c2ccc3sc(N)nc3c2)C[C@H]1O. The Labute approximate surface area is 153 Å². The maximum Gasteiger partial charge on any atom is 0.254 e. The fourth-order valence-corrected chi connectivity index (χ4v) is 5.28. The van der Waals surface area contributed by atoms with Gasteiger partial charge in [0, 0.05) is 29.4 Å². The van der Waals surface area contributed by atoms with Crippen molar-refractivity contribution < 1.29 is 9.90 Å². The van der Waals surface area contributed by atoms with Gasteiger partial charge >= 0.3 is 0 Å². The van der Waals surface area contributed by atoms with E-state index in [0.717, 1.165) is 16.6 Å². The number of benzene rings is 1. The van der Waals surface area contributed by atoms with Gasteiger partial charge in [0.15, 0.2) is 5.13 Å². The Balaban J connectivity index is 1.52. The number of likely N-dealkylation sites (tertiary alicyclic amines) is 1. The lowest BCUT2D eigenvalue weighted by molar-refractivity contribution is 0.0387. The number of aliphatic hydroxyl groups excluding tert-OH is 1. The van der Waals surface area contributed by atoms with Crippen molar-refractivity contribution in [2.24, 2.45) is 0 Å². The van der Waals surface area contributed by atoms with Crippen LogP contribution >= 0.6 is 22.7 Å². The molecule has 2 aromatic heterocycles. The molecule has 2 atom stereocenters. The van der Waals surface area contributed by atoms with Crippen LogP contribution in [0.1, 0.15) is 33.1 Å². The fourth-order valence-electron chi connectivity index (χ4n) is 3.45. The number of aryl methyl sites for hydroxylation is 1. The molecule has 0 unspecified atom stereocenters. The van der Waals surface area contributed by atoms with Crippen LogP contribution in [-0.4, -0.2) is 40.1 Å². The lowest BCUT2D eigenvalue weighted by atomic mass is 9.90. The number of thiazole rings is 1. The first kappa shape index (κ1) is 16.5. The number of hydrogen-bond acceptors (Lipinski definition) is 6. The summed E-state index contributed by atoms with van der Waals surface area (Å²) in [5, 5.41) is 13.2. The number of carbonyl (C=O) groups is 1. The minimum Gasteiger partial charge on any atom is -0.391 e. The van der Waals surface area contributed by atoms with Gasteiger partial charge in [-0.15, -0.1) is 11.3 Å². The minimum absolute atomic E-state index is 0.0612. The average molecular weight is 374 g/mol. The molecule has 1 saturated heterocycles. The van der Waals surface area contributed by atoms with Crippen LogP contribution in [0.15, 0.2) is 29.6 Å². The van der Waals surface area contributed by atoms with Crippen molar-refractivity contribution >= 4 is 43.9 Å². The second-order valence-electron chi connectivity index (χ2n) is 6.42. The van der Waals surface area contributed by atoms with E-state index in [4.69, 9.17) is 5.73 Å². The molecule has 1 fully saturated rings. The van der Waals surface area contributed by atoms with Crippen LogP contribution in [-0.2, 0) is 0 Å². The van der Waals surface area contributed by atoms with Crippen LogP contribution in [0.25, 0.3) is 10.2 Å². The molecule has 3 N–H and O–H groups in total. The Morgan fingerprint density at radius 1 is 1.40 bits per heavy atom. The molecule has 7 heteroatoms. The predicted molar refractivity (Wildman–Crippen MR) is 102 cm³/mol. The normalized spacial score (nSPS) is 21.0. The van der Waals surface area contributed by atoms with Crippen LogP contribution in [0.2, 0.25) is 0 Å². The third-order valence-electron chi connectivity index (χ3n) is 4.76. The second-order valence-corrected chi connectivity index (χ2v) is 8.43. The summed E-state index contributed by atoms with van der Waals surface area (Å²) in [4.78, 5) is 20.0. The molecule has 3 heterocycles. The van der Waals surface area contributed by atoms with E-state index in [0.29, 0.717) is 23.8 Å². The van der Waals surface area contributed by atoms with Gasteiger partial charge in [-0.2, -0.15) is 0 Å². The van der Waals surface area contributed by atoms with E-state index in [1.165, 1.54) is 21.8 Å². The van der Waals surface area contributed by atoms with Gasteiger partial charge in [-0.05, 0) is 48.6 Å². The molecule has 1 aliphatic rings. The molecule has 1 aliphatic heterocycles. The number of rotatable bonds is 2. The average Bonchev–Trinajstić information content (AvgIpc) is 3.17. The van der Waals surface area contributed by atoms with Crippen molar-refractivity contribution in [3.05, 3.63) is 45.6 Å². The highest BCUT2D eigenvalue weighted by Gasteiger charge is 2.32. The quantitative estimate of drug-likeness (QED) is 0.723. The topological polar surface area (TPSA) is 79.5 Å². The van der Waals surface area contributed by atoms with Crippen molar-refractivity contribution in [1.82, 2.24) is 9.88 Å². The number of nitrogens with two attached hydrogens (primary N) is 1. The molecule has 1 aromatic carbocycles. The molecule has 1 amide bonds. The summed E-state index contributed by atoms with van der Waals surface area (Å²) in [6.07, 6.45) is 0.244. The van der Waals surface area contributed by atoms with Crippen LogP contribution in [0.3, 0.4) is 0 Å². The summed E-state index contributed by atoms with van der Waals surface area (Å²) >= 11 is 3.10. The van der Waals surface area contributed by atoms with Gasteiger partial charge in [-0.25, -0.2) is 4.98 Å². The summed E-state index contributed by atoms with van der Waals surface area (Å²) in [6, 6.07) is 7.56. The number of fused-ring (bicyclic) bond motifs is 1.